The average molecular weight is 515 g/mol. The molecular weight excluding hydrogens is 500 g/mol. The topological polar surface area (TPSA) is 226 Å². The Hall–Kier alpha value is -3.45. The molecule has 19 heteroatoms. The molecule has 0 radical (unpaired) electrons. The molecule has 0 aromatic carbocycles. The number of nitrogens with zero attached hydrogens (tertiary/aromatic N) is 8. The molecule has 0 aliphatic carbocycles. The van der Waals surface area contributed by atoms with Crippen molar-refractivity contribution in [2.45, 2.75) is 34.5 Å². The molecule has 0 spiro atoms. The predicted molar refractivity (Wildman–Crippen MR) is 114 cm³/mol. The Balaban J connectivity index is 1.86. The smallest absolute Gasteiger partial charge is 0.449 e. The molecule has 33 heavy (non-hydrogen) atoms. The lowest BCUT2D eigenvalue weighted by Gasteiger charge is -2.48. The number of hydrogen-bond acceptors (Lipinski definition) is 15. The van der Waals surface area contributed by atoms with Gasteiger partial charge in [0.2, 0.25) is 28.0 Å². The van der Waals surface area contributed by atoms with Crippen LogP contribution in [0.25, 0.3) is 0 Å². The number of β-lactam (4-membered cyclic amide) rings is 1. The number of nitrogen functional groups attached to an aromatic ring is 1. The minimum absolute atomic E-state index is 0.0757. The van der Waals surface area contributed by atoms with Crippen LogP contribution in [0.1, 0.15) is 13.3 Å². The second-order valence-electron chi connectivity index (χ2n) is 6.38. The lowest BCUT2D eigenvalue weighted by Crippen LogP contribution is -2.58. The lowest BCUT2D eigenvalue weighted by atomic mass is 10.1. The summed E-state index contributed by atoms with van der Waals surface area (Å²) in [5, 5.41) is 32.8. The maximum atomic E-state index is 12.9. The minimum atomic E-state index is -1.64. The van der Waals surface area contributed by atoms with E-state index in [1.807, 2.05) is 0 Å². The number of nitrogens with two attached hydrogens (primary N) is 1. The number of amides is 2. The quantitative estimate of drug-likeness (QED) is 0.0963. The van der Waals surface area contributed by atoms with Gasteiger partial charge in [0.15, 0.2) is 0 Å². The Morgan fingerprint density at radius 3 is 2.88 bits per heavy atom. The highest BCUT2D eigenvalue weighted by Gasteiger charge is 2.52. The summed E-state index contributed by atoms with van der Waals surface area (Å²) in [6.07, 6.45) is -0.910. The number of aromatic nitrogens is 6. The van der Waals surface area contributed by atoms with E-state index in [1.54, 1.807) is 6.92 Å². The molecule has 2 amide bonds. The van der Waals surface area contributed by atoms with Crippen molar-refractivity contribution in [1.82, 2.24) is 34.9 Å². The standard InChI is InChI=1S/C14H14N10O6S3/c1-4(31-13-18-21-22-19-13)8-9(30-14(27)28)23-5(25)2-7(23)32-10(8)24(6(26)3-16-29)12-17-11(15)33-20-12/h3-4,7,10,29H,2H2,1H3,(H,27,28)(H2,15,17,20)(H,18,19,21,22)/t4?,7-,10?/m0/s1. The molecule has 3 atom stereocenters. The normalized spacial score (nSPS) is 21.0. The number of fused-ring (bicyclic) bond motifs is 1. The second kappa shape index (κ2) is 9.19. The van der Waals surface area contributed by atoms with Crippen LogP contribution in [0, 0.1) is 0 Å². The first kappa shape index (κ1) is 22.7. The molecule has 2 aliphatic rings. The molecule has 5 N–H and O–H groups in total. The van der Waals surface area contributed by atoms with Crippen LogP contribution in [0.2, 0.25) is 0 Å². The van der Waals surface area contributed by atoms with Crippen LogP contribution < -0.4 is 10.6 Å². The van der Waals surface area contributed by atoms with Crippen molar-refractivity contribution in [3.8, 4) is 0 Å². The van der Waals surface area contributed by atoms with Crippen molar-refractivity contribution < 1.29 is 29.4 Å². The van der Waals surface area contributed by atoms with E-state index in [4.69, 9.17) is 15.7 Å². The predicted octanol–water partition coefficient (Wildman–Crippen LogP) is 0.145. The van der Waals surface area contributed by atoms with Crippen LogP contribution in [0.4, 0.5) is 15.9 Å². The Bertz CT molecular complexity index is 1140. The number of rotatable bonds is 7. The molecule has 174 valence electrons. The highest BCUT2D eigenvalue weighted by atomic mass is 32.2. The number of tetrazole rings is 1. The number of carbonyl (C=O) groups is 3. The van der Waals surface area contributed by atoms with E-state index in [9.17, 15) is 19.5 Å². The van der Waals surface area contributed by atoms with Crippen LogP contribution in [-0.4, -0.2) is 85.4 Å². The van der Waals surface area contributed by atoms with Gasteiger partial charge < -0.3 is 20.8 Å². The third-order valence-corrected chi connectivity index (χ3v) is 7.38. The van der Waals surface area contributed by atoms with E-state index in [1.165, 1.54) is 16.7 Å². The first-order chi connectivity index (χ1) is 15.8. The van der Waals surface area contributed by atoms with Gasteiger partial charge in [0.1, 0.15) is 11.6 Å². The summed E-state index contributed by atoms with van der Waals surface area (Å²) in [7, 11) is 0. The van der Waals surface area contributed by atoms with Crippen molar-refractivity contribution in [1.29, 1.82) is 0 Å². The maximum Gasteiger partial charge on any atom is 0.512 e. The van der Waals surface area contributed by atoms with Crippen LogP contribution in [0.5, 0.6) is 0 Å². The van der Waals surface area contributed by atoms with Crippen molar-refractivity contribution in [3.05, 3.63) is 11.5 Å². The van der Waals surface area contributed by atoms with Gasteiger partial charge in [-0.2, -0.15) is 14.6 Å². The highest BCUT2D eigenvalue weighted by Crippen LogP contribution is 2.49. The SMILES string of the molecule is CC(Sc1nn[nH]n1)C1=C(OC(=O)O)N2C(=O)C[C@@H]2SC1N(C(=O)C=NO)c1nsc(N)n1. The highest BCUT2D eigenvalue weighted by molar-refractivity contribution is 8.01. The largest absolute Gasteiger partial charge is 0.512 e. The molecule has 4 heterocycles. The molecule has 1 fully saturated rings. The van der Waals surface area contributed by atoms with Gasteiger partial charge in [-0.1, -0.05) is 16.9 Å². The van der Waals surface area contributed by atoms with E-state index in [-0.39, 0.29) is 40.0 Å². The molecule has 16 nitrogen and oxygen atoms in total. The molecule has 2 unspecified atom stereocenters. The number of nitrogens with one attached hydrogen (secondary N) is 1. The van der Waals surface area contributed by atoms with Crippen LogP contribution in [0.3, 0.4) is 0 Å². The zero-order valence-corrected chi connectivity index (χ0v) is 18.9. The number of hydrogen-bond donors (Lipinski definition) is 4. The van der Waals surface area contributed by atoms with Gasteiger partial charge in [-0.15, -0.1) is 22.0 Å². The van der Waals surface area contributed by atoms with Gasteiger partial charge in [0.25, 0.3) is 5.91 Å². The average Bonchev–Trinajstić information content (AvgIpc) is 3.38. The Labute approximate surface area is 196 Å². The van der Waals surface area contributed by atoms with Crippen molar-refractivity contribution >= 4 is 70.3 Å². The molecule has 1 saturated heterocycles. The number of thioether (sulfide) groups is 2. The molecule has 2 aromatic rings. The zero-order chi connectivity index (χ0) is 23.7. The van der Waals surface area contributed by atoms with Crippen molar-refractivity contribution in [2.24, 2.45) is 5.16 Å². The number of ether oxygens (including phenoxy) is 1. The Kier molecular flexibility index (Phi) is 6.33. The molecule has 2 aliphatic heterocycles. The first-order valence-electron chi connectivity index (χ1n) is 8.92. The minimum Gasteiger partial charge on any atom is -0.449 e. The number of carboxylic acid groups (broad SMARTS) is 1. The lowest BCUT2D eigenvalue weighted by molar-refractivity contribution is -0.141. The van der Waals surface area contributed by atoms with Crippen molar-refractivity contribution in [2.75, 3.05) is 10.6 Å². The Morgan fingerprint density at radius 1 is 1.52 bits per heavy atom. The summed E-state index contributed by atoms with van der Waals surface area (Å²) in [4.78, 5) is 43.1. The number of aromatic amines is 1. The van der Waals surface area contributed by atoms with Gasteiger partial charge >= 0.3 is 6.16 Å². The monoisotopic (exact) mass is 514 g/mol. The zero-order valence-electron chi connectivity index (χ0n) is 16.4. The van der Waals surface area contributed by atoms with E-state index in [2.05, 4.69) is 35.1 Å². The summed E-state index contributed by atoms with van der Waals surface area (Å²) >= 11 is 3.09. The number of oxime groups is 1. The second-order valence-corrected chi connectivity index (χ2v) is 9.73. The van der Waals surface area contributed by atoms with Gasteiger partial charge in [0.05, 0.1) is 11.8 Å². The van der Waals surface area contributed by atoms with Crippen LogP contribution in [0.15, 0.2) is 21.8 Å². The van der Waals surface area contributed by atoms with Crippen LogP contribution in [-0.2, 0) is 14.3 Å². The molecule has 4 rings (SSSR count). The molecule has 2 aromatic heterocycles. The number of carbonyl (C=O) groups excluding carboxylic acids is 2. The van der Waals surface area contributed by atoms with Crippen molar-refractivity contribution in [3.63, 3.8) is 0 Å². The fraction of sp³-hybridized carbons (Fsp3) is 0.357. The Morgan fingerprint density at radius 2 is 2.30 bits per heavy atom. The molecular formula is C14H14N10O6S3. The summed E-state index contributed by atoms with van der Waals surface area (Å²) in [6.45, 7) is 1.69. The third kappa shape index (κ3) is 4.41. The van der Waals surface area contributed by atoms with E-state index in [0.717, 1.165) is 28.2 Å². The summed E-state index contributed by atoms with van der Waals surface area (Å²) < 4.78 is 9.11. The number of H-pyrrole nitrogens is 1. The van der Waals surface area contributed by atoms with E-state index in [0.29, 0.717) is 6.21 Å². The molecule has 0 saturated carbocycles. The van der Waals surface area contributed by atoms with Gasteiger partial charge in [-0.3, -0.25) is 19.4 Å². The fourth-order valence-electron chi connectivity index (χ4n) is 3.15. The fourth-order valence-corrected chi connectivity index (χ4v) is 6.16. The summed E-state index contributed by atoms with van der Waals surface area (Å²) in [6, 6.07) is 0. The maximum absolute atomic E-state index is 12.9. The summed E-state index contributed by atoms with van der Waals surface area (Å²) in [5.41, 5.74) is 5.93. The number of anilines is 2. The summed E-state index contributed by atoms with van der Waals surface area (Å²) in [5.74, 6) is -1.49. The van der Waals surface area contributed by atoms with Gasteiger partial charge in [-0.05, 0) is 12.1 Å². The molecule has 0 bridgehead atoms. The van der Waals surface area contributed by atoms with E-state index >= 15 is 0 Å². The van der Waals surface area contributed by atoms with E-state index < -0.39 is 28.1 Å². The first-order valence-corrected chi connectivity index (χ1v) is 11.5. The van der Waals surface area contributed by atoms with Crippen LogP contribution >= 0.6 is 35.1 Å². The third-order valence-electron chi connectivity index (χ3n) is 4.44. The van der Waals surface area contributed by atoms with Gasteiger partial charge in [-0.25, -0.2) is 4.79 Å². The van der Waals surface area contributed by atoms with Gasteiger partial charge in [0, 0.05) is 22.4 Å².